The Morgan fingerprint density at radius 1 is 1.17 bits per heavy atom. The average molecular weight is 340 g/mol. The van der Waals surface area contributed by atoms with Crippen molar-refractivity contribution in [3.63, 3.8) is 0 Å². The lowest BCUT2D eigenvalue weighted by molar-refractivity contribution is -0.134. The molecule has 2 N–H and O–H groups in total. The van der Waals surface area contributed by atoms with Crippen LogP contribution in [-0.2, 0) is 11.3 Å². The molecule has 0 spiro atoms. The molecule has 1 fully saturated rings. The standard InChI is InChI=1S/C17H25N3O2.ClH/c18-8-3-1-2-6-16(21)19-10-13-9-14(12-19)15-5-4-7-17(22)20(15)11-13;/h4-5,7,13-14H,1-3,6,8-12,18H2;1H. The summed E-state index contributed by atoms with van der Waals surface area (Å²) in [6.45, 7) is 3.01. The summed E-state index contributed by atoms with van der Waals surface area (Å²) in [5.41, 5.74) is 6.68. The number of pyridine rings is 1. The summed E-state index contributed by atoms with van der Waals surface area (Å²) in [6.07, 6.45) is 4.68. The van der Waals surface area contributed by atoms with E-state index < -0.39 is 0 Å². The molecule has 0 aliphatic carbocycles. The highest BCUT2D eigenvalue weighted by Gasteiger charge is 2.35. The summed E-state index contributed by atoms with van der Waals surface area (Å²) in [5, 5.41) is 0. The van der Waals surface area contributed by atoms with Gasteiger partial charge in [-0.15, -0.1) is 12.4 Å². The van der Waals surface area contributed by atoms with Crippen molar-refractivity contribution >= 4 is 18.3 Å². The van der Waals surface area contributed by atoms with E-state index in [2.05, 4.69) is 0 Å². The quantitative estimate of drug-likeness (QED) is 0.831. The molecule has 6 heteroatoms. The van der Waals surface area contributed by atoms with E-state index in [9.17, 15) is 9.59 Å². The van der Waals surface area contributed by atoms with Crippen molar-refractivity contribution in [2.75, 3.05) is 19.6 Å². The minimum absolute atomic E-state index is 0. The third-order valence-corrected chi connectivity index (χ3v) is 4.93. The number of aromatic nitrogens is 1. The Morgan fingerprint density at radius 2 is 2.00 bits per heavy atom. The van der Waals surface area contributed by atoms with Gasteiger partial charge in [0.05, 0.1) is 0 Å². The maximum Gasteiger partial charge on any atom is 0.250 e. The van der Waals surface area contributed by atoms with Crippen LogP contribution < -0.4 is 11.3 Å². The molecular weight excluding hydrogens is 314 g/mol. The number of carbonyl (C=O) groups is 1. The van der Waals surface area contributed by atoms with Crippen LogP contribution in [0.15, 0.2) is 23.0 Å². The summed E-state index contributed by atoms with van der Waals surface area (Å²) in [6, 6.07) is 5.50. The number of nitrogens with two attached hydrogens (primary N) is 1. The molecule has 0 radical (unpaired) electrons. The van der Waals surface area contributed by atoms with E-state index in [0.717, 1.165) is 51.0 Å². The van der Waals surface area contributed by atoms with Crippen molar-refractivity contribution in [1.82, 2.24) is 9.47 Å². The predicted molar refractivity (Wildman–Crippen MR) is 92.9 cm³/mol. The normalized spacial score (nSPS) is 22.2. The van der Waals surface area contributed by atoms with E-state index in [1.807, 2.05) is 21.6 Å². The Balaban J connectivity index is 0.00000192. The second kappa shape index (κ2) is 7.97. The van der Waals surface area contributed by atoms with Crippen molar-refractivity contribution < 1.29 is 4.79 Å². The number of likely N-dealkylation sites (tertiary alicyclic amines) is 1. The second-order valence-corrected chi connectivity index (χ2v) is 6.60. The van der Waals surface area contributed by atoms with Gasteiger partial charge < -0.3 is 15.2 Å². The molecule has 0 saturated carbocycles. The Hall–Kier alpha value is -1.33. The summed E-state index contributed by atoms with van der Waals surface area (Å²) in [5.74, 6) is 0.993. The molecule has 1 saturated heterocycles. The topological polar surface area (TPSA) is 68.3 Å². The summed E-state index contributed by atoms with van der Waals surface area (Å²) >= 11 is 0. The fraction of sp³-hybridized carbons (Fsp3) is 0.647. The lowest BCUT2D eigenvalue weighted by Gasteiger charge is -2.42. The zero-order chi connectivity index (χ0) is 15.5. The number of hydrogen-bond acceptors (Lipinski definition) is 3. The van der Waals surface area contributed by atoms with Crippen LogP contribution in [0.1, 0.15) is 43.7 Å². The first kappa shape index (κ1) is 18.0. The third kappa shape index (κ3) is 3.96. The fourth-order valence-corrected chi connectivity index (χ4v) is 3.86. The highest BCUT2D eigenvalue weighted by Crippen LogP contribution is 2.35. The van der Waals surface area contributed by atoms with E-state index in [0.29, 0.717) is 24.8 Å². The monoisotopic (exact) mass is 339 g/mol. The van der Waals surface area contributed by atoms with E-state index in [4.69, 9.17) is 5.73 Å². The van der Waals surface area contributed by atoms with Crippen LogP contribution in [0.4, 0.5) is 0 Å². The first-order valence-electron chi connectivity index (χ1n) is 8.36. The van der Waals surface area contributed by atoms with Crippen molar-refractivity contribution in [3.05, 3.63) is 34.2 Å². The SMILES string of the molecule is Cl.NCCCCCC(=O)N1CC2CC(C1)c1cccc(=O)n1C2. The molecule has 3 rings (SSSR count). The molecule has 3 heterocycles. The molecular formula is C17H26ClN3O2. The molecule has 5 nitrogen and oxygen atoms in total. The van der Waals surface area contributed by atoms with Crippen LogP contribution in [0.2, 0.25) is 0 Å². The zero-order valence-electron chi connectivity index (χ0n) is 13.4. The van der Waals surface area contributed by atoms with Crippen molar-refractivity contribution in [3.8, 4) is 0 Å². The number of piperidine rings is 1. The molecule has 23 heavy (non-hydrogen) atoms. The smallest absolute Gasteiger partial charge is 0.250 e. The van der Waals surface area contributed by atoms with Crippen molar-refractivity contribution in [2.24, 2.45) is 11.7 Å². The van der Waals surface area contributed by atoms with Gasteiger partial charge in [-0.1, -0.05) is 12.5 Å². The summed E-state index contributed by atoms with van der Waals surface area (Å²) in [7, 11) is 0. The Morgan fingerprint density at radius 3 is 2.78 bits per heavy atom. The van der Waals surface area contributed by atoms with Crippen LogP contribution in [-0.4, -0.2) is 35.0 Å². The first-order chi connectivity index (χ1) is 10.7. The van der Waals surface area contributed by atoms with E-state index in [1.54, 1.807) is 6.07 Å². The third-order valence-electron chi connectivity index (χ3n) is 4.93. The van der Waals surface area contributed by atoms with Gasteiger partial charge in [-0.25, -0.2) is 0 Å². The van der Waals surface area contributed by atoms with Gasteiger partial charge in [0.25, 0.3) is 5.56 Å². The molecule has 1 aromatic rings. The Labute approximate surface area is 143 Å². The molecule has 2 aliphatic heterocycles. The van der Waals surface area contributed by atoms with Crippen molar-refractivity contribution in [2.45, 2.75) is 44.6 Å². The maximum absolute atomic E-state index is 12.4. The van der Waals surface area contributed by atoms with Crippen LogP contribution in [0.5, 0.6) is 0 Å². The average Bonchev–Trinajstić information content (AvgIpc) is 2.52. The number of fused-ring (bicyclic) bond motifs is 4. The maximum atomic E-state index is 12.4. The van der Waals surface area contributed by atoms with Gasteiger partial charge >= 0.3 is 0 Å². The minimum atomic E-state index is 0. The van der Waals surface area contributed by atoms with Crippen LogP contribution in [0.25, 0.3) is 0 Å². The lowest BCUT2D eigenvalue weighted by atomic mass is 9.83. The Bertz CT molecular complexity index is 602. The summed E-state index contributed by atoms with van der Waals surface area (Å²) in [4.78, 5) is 26.4. The number of carbonyl (C=O) groups excluding carboxylic acids is 1. The lowest BCUT2D eigenvalue weighted by Crippen LogP contribution is -2.49. The van der Waals surface area contributed by atoms with Gasteiger partial charge in [-0.3, -0.25) is 9.59 Å². The molecule has 2 aliphatic rings. The second-order valence-electron chi connectivity index (χ2n) is 6.60. The largest absolute Gasteiger partial charge is 0.342 e. The van der Waals surface area contributed by atoms with Gasteiger partial charge in [0, 0.05) is 43.7 Å². The van der Waals surface area contributed by atoms with Crippen LogP contribution >= 0.6 is 12.4 Å². The van der Waals surface area contributed by atoms with Gasteiger partial charge in [-0.2, -0.15) is 0 Å². The Kier molecular flexibility index (Phi) is 6.25. The van der Waals surface area contributed by atoms with E-state index >= 15 is 0 Å². The molecule has 2 bridgehead atoms. The first-order valence-corrected chi connectivity index (χ1v) is 8.36. The van der Waals surface area contributed by atoms with E-state index in [-0.39, 0.29) is 23.9 Å². The predicted octanol–water partition coefficient (Wildman–Crippen LogP) is 1.73. The van der Waals surface area contributed by atoms with Crippen LogP contribution in [0, 0.1) is 5.92 Å². The molecule has 0 aromatic carbocycles. The molecule has 1 amide bonds. The molecule has 2 atom stereocenters. The van der Waals surface area contributed by atoms with E-state index in [1.165, 1.54) is 0 Å². The number of hydrogen-bond donors (Lipinski definition) is 1. The highest BCUT2D eigenvalue weighted by molar-refractivity contribution is 5.85. The number of nitrogens with zero attached hydrogens (tertiary/aromatic N) is 2. The zero-order valence-corrected chi connectivity index (χ0v) is 14.3. The van der Waals surface area contributed by atoms with Gasteiger partial charge in [-0.05, 0) is 37.8 Å². The van der Waals surface area contributed by atoms with Gasteiger partial charge in [0.15, 0.2) is 0 Å². The fourth-order valence-electron chi connectivity index (χ4n) is 3.86. The molecule has 128 valence electrons. The highest BCUT2D eigenvalue weighted by atomic mass is 35.5. The number of halogens is 1. The van der Waals surface area contributed by atoms with Crippen molar-refractivity contribution in [1.29, 1.82) is 0 Å². The number of unbranched alkanes of at least 4 members (excludes halogenated alkanes) is 2. The molecule has 1 aromatic heterocycles. The number of amides is 1. The van der Waals surface area contributed by atoms with Crippen LogP contribution in [0.3, 0.4) is 0 Å². The van der Waals surface area contributed by atoms with Gasteiger partial charge in [0.2, 0.25) is 5.91 Å². The van der Waals surface area contributed by atoms with Gasteiger partial charge in [0.1, 0.15) is 0 Å². The minimum Gasteiger partial charge on any atom is -0.342 e. The molecule has 2 unspecified atom stereocenters. The summed E-state index contributed by atoms with van der Waals surface area (Å²) < 4.78 is 1.90. The number of rotatable bonds is 5.